The number of aryl methyl sites for hydroxylation is 1. The number of carbonyl (C=O) groups is 1. The molecule has 0 saturated heterocycles. The van der Waals surface area contributed by atoms with Crippen LogP contribution in [0.15, 0.2) is 29.1 Å². The summed E-state index contributed by atoms with van der Waals surface area (Å²) in [6.07, 6.45) is -0.135. The monoisotopic (exact) mass is 217 g/mol. The first-order valence-corrected chi connectivity index (χ1v) is 4.90. The van der Waals surface area contributed by atoms with Crippen LogP contribution >= 0.6 is 0 Å². The Morgan fingerprint density at radius 1 is 1.38 bits per heavy atom. The van der Waals surface area contributed by atoms with Gasteiger partial charge in [-0.1, -0.05) is 12.1 Å². The van der Waals surface area contributed by atoms with Crippen molar-refractivity contribution < 1.29 is 9.90 Å². The molecule has 0 amide bonds. The molecule has 1 aromatic carbocycles. The van der Waals surface area contributed by atoms with Crippen molar-refractivity contribution in [2.75, 3.05) is 0 Å². The standard InChI is InChI=1S/C12H11NO3/c1-7-2-3-9-8(6-12(15)16)5-11(14)13-10(9)4-7/h2-5H,6H2,1H3,(H,13,14)(H,15,16). The van der Waals surface area contributed by atoms with Gasteiger partial charge in [0.1, 0.15) is 0 Å². The molecule has 1 aromatic heterocycles. The van der Waals surface area contributed by atoms with Crippen molar-refractivity contribution in [1.29, 1.82) is 0 Å². The molecule has 2 N–H and O–H groups in total. The normalized spacial score (nSPS) is 10.6. The number of carboxylic acids is 1. The highest BCUT2D eigenvalue weighted by Gasteiger charge is 2.07. The number of fused-ring (bicyclic) bond motifs is 1. The molecule has 0 bridgehead atoms. The van der Waals surface area contributed by atoms with Gasteiger partial charge in [-0.05, 0) is 24.1 Å². The first kappa shape index (κ1) is 10.4. The van der Waals surface area contributed by atoms with Crippen LogP contribution in [0.2, 0.25) is 0 Å². The highest BCUT2D eigenvalue weighted by molar-refractivity contribution is 5.86. The predicted octanol–water partition coefficient (Wildman–Crippen LogP) is 1.46. The molecule has 2 rings (SSSR count). The van der Waals surface area contributed by atoms with Gasteiger partial charge in [-0.2, -0.15) is 0 Å². The molecule has 82 valence electrons. The minimum atomic E-state index is -0.938. The first-order chi connectivity index (χ1) is 7.56. The van der Waals surface area contributed by atoms with E-state index >= 15 is 0 Å². The van der Waals surface area contributed by atoms with Gasteiger partial charge in [-0.25, -0.2) is 0 Å². The second-order valence-electron chi connectivity index (χ2n) is 3.78. The molecule has 4 nitrogen and oxygen atoms in total. The molecule has 2 aromatic rings. The number of carboxylic acid groups (broad SMARTS) is 1. The van der Waals surface area contributed by atoms with Crippen LogP contribution in [0.4, 0.5) is 0 Å². The number of aromatic nitrogens is 1. The van der Waals surface area contributed by atoms with Crippen molar-refractivity contribution in [3.05, 3.63) is 45.7 Å². The zero-order chi connectivity index (χ0) is 11.7. The molecule has 0 radical (unpaired) electrons. The third-order valence-corrected chi connectivity index (χ3v) is 2.43. The Balaban J connectivity index is 2.72. The van der Waals surface area contributed by atoms with Crippen LogP contribution in [0.1, 0.15) is 11.1 Å². The van der Waals surface area contributed by atoms with Crippen LogP contribution < -0.4 is 5.56 Å². The molecule has 16 heavy (non-hydrogen) atoms. The number of H-pyrrole nitrogens is 1. The van der Waals surface area contributed by atoms with E-state index in [1.807, 2.05) is 25.1 Å². The molecule has 0 unspecified atom stereocenters. The number of nitrogens with one attached hydrogen (secondary N) is 1. The van der Waals surface area contributed by atoms with E-state index in [1.54, 1.807) is 0 Å². The van der Waals surface area contributed by atoms with Gasteiger partial charge in [0.05, 0.1) is 6.42 Å². The van der Waals surface area contributed by atoms with Crippen LogP contribution in [-0.4, -0.2) is 16.1 Å². The van der Waals surface area contributed by atoms with Gasteiger partial charge in [0.2, 0.25) is 5.56 Å². The number of hydrogen-bond acceptors (Lipinski definition) is 2. The summed E-state index contributed by atoms with van der Waals surface area (Å²) < 4.78 is 0. The Hall–Kier alpha value is -2.10. The summed E-state index contributed by atoms with van der Waals surface area (Å²) in [5, 5.41) is 9.54. The molecule has 0 aliphatic carbocycles. The van der Waals surface area contributed by atoms with Crippen molar-refractivity contribution in [1.82, 2.24) is 4.98 Å². The number of aromatic amines is 1. The fourth-order valence-electron chi connectivity index (χ4n) is 1.76. The maximum atomic E-state index is 11.3. The van der Waals surface area contributed by atoms with Crippen molar-refractivity contribution in [3.63, 3.8) is 0 Å². The van der Waals surface area contributed by atoms with Crippen molar-refractivity contribution >= 4 is 16.9 Å². The molecule has 0 spiro atoms. The molecule has 0 aliphatic heterocycles. The van der Waals surface area contributed by atoms with Crippen LogP contribution in [0.25, 0.3) is 10.9 Å². The highest BCUT2D eigenvalue weighted by atomic mass is 16.4. The Labute approximate surface area is 91.5 Å². The molecule has 0 aliphatic rings. The van der Waals surface area contributed by atoms with E-state index in [2.05, 4.69) is 4.98 Å². The molecular weight excluding hydrogens is 206 g/mol. The molecule has 0 saturated carbocycles. The van der Waals surface area contributed by atoms with Crippen molar-refractivity contribution in [3.8, 4) is 0 Å². The SMILES string of the molecule is Cc1ccc2c(CC(=O)O)cc(=O)[nH]c2c1. The van der Waals surface area contributed by atoms with Gasteiger partial charge < -0.3 is 10.1 Å². The molecule has 0 atom stereocenters. The summed E-state index contributed by atoms with van der Waals surface area (Å²) in [7, 11) is 0. The Bertz CT molecular complexity index is 613. The largest absolute Gasteiger partial charge is 0.481 e. The zero-order valence-corrected chi connectivity index (χ0v) is 8.78. The second kappa shape index (κ2) is 3.81. The van der Waals surface area contributed by atoms with Gasteiger partial charge >= 0.3 is 5.97 Å². The molecule has 1 heterocycles. The van der Waals surface area contributed by atoms with Gasteiger partial charge in [-0.15, -0.1) is 0 Å². The average Bonchev–Trinajstić information content (AvgIpc) is 2.15. The number of benzene rings is 1. The lowest BCUT2D eigenvalue weighted by molar-refractivity contribution is -0.136. The lowest BCUT2D eigenvalue weighted by Crippen LogP contribution is -2.09. The number of rotatable bonds is 2. The maximum absolute atomic E-state index is 11.3. The molecule has 0 fully saturated rings. The second-order valence-corrected chi connectivity index (χ2v) is 3.78. The lowest BCUT2D eigenvalue weighted by Gasteiger charge is -2.04. The van der Waals surface area contributed by atoms with Gasteiger partial charge in [-0.3, -0.25) is 9.59 Å². The summed E-state index contributed by atoms with van der Waals surface area (Å²) in [5.74, 6) is -0.938. The van der Waals surface area contributed by atoms with Crippen LogP contribution in [0.3, 0.4) is 0 Å². The van der Waals surface area contributed by atoms with Crippen LogP contribution in [-0.2, 0) is 11.2 Å². The molecular formula is C12H11NO3. The summed E-state index contributed by atoms with van der Waals surface area (Å²) in [6, 6.07) is 6.90. The van der Waals surface area contributed by atoms with Crippen molar-refractivity contribution in [2.45, 2.75) is 13.3 Å². The average molecular weight is 217 g/mol. The third-order valence-electron chi connectivity index (χ3n) is 2.43. The van der Waals surface area contributed by atoms with E-state index in [-0.39, 0.29) is 12.0 Å². The van der Waals surface area contributed by atoms with Crippen molar-refractivity contribution in [2.24, 2.45) is 0 Å². The topological polar surface area (TPSA) is 70.2 Å². The van der Waals surface area contributed by atoms with E-state index in [4.69, 9.17) is 5.11 Å². The van der Waals surface area contributed by atoms with Crippen LogP contribution in [0, 0.1) is 6.92 Å². The summed E-state index contributed by atoms with van der Waals surface area (Å²) in [6.45, 7) is 1.92. The zero-order valence-electron chi connectivity index (χ0n) is 8.78. The van der Waals surface area contributed by atoms with Crippen LogP contribution in [0.5, 0.6) is 0 Å². The Kier molecular flexibility index (Phi) is 2.48. The van der Waals surface area contributed by atoms with E-state index in [0.717, 1.165) is 10.9 Å². The number of hydrogen-bond donors (Lipinski definition) is 2. The van der Waals surface area contributed by atoms with E-state index in [1.165, 1.54) is 6.07 Å². The first-order valence-electron chi connectivity index (χ1n) is 4.90. The lowest BCUT2D eigenvalue weighted by atomic mass is 10.0. The predicted molar refractivity (Wildman–Crippen MR) is 60.6 cm³/mol. The summed E-state index contributed by atoms with van der Waals surface area (Å²) in [4.78, 5) is 24.7. The highest BCUT2D eigenvalue weighted by Crippen LogP contribution is 2.16. The number of aliphatic carboxylic acids is 1. The van der Waals surface area contributed by atoms with E-state index in [0.29, 0.717) is 11.1 Å². The maximum Gasteiger partial charge on any atom is 0.307 e. The van der Waals surface area contributed by atoms with E-state index < -0.39 is 5.97 Å². The van der Waals surface area contributed by atoms with Gasteiger partial charge in [0.15, 0.2) is 0 Å². The fourth-order valence-corrected chi connectivity index (χ4v) is 1.76. The Morgan fingerprint density at radius 3 is 2.81 bits per heavy atom. The quantitative estimate of drug-likeness (QED) is 0.800. The minimum absolute atomic E-state index is 0.135. The Morgan fingerprint density at radius 2 is 2.12 bits per heavy atom. The fraction of sp³-hybridized carbons (Fsp3) is 0.167. The van der Waals surface area contributed by atoms with Gasteiger partial charge in [0.25, 0.3) is 0 Å². The summed E-state index contributed by atoms with van der Waals surface area (Å²) in [5.41, 5.74) is 1.99. The van der Waals surface area contributed by atoms with E-state index in [9.17, 15) is 9.59 Å². The molecule has 4 heteroatoms. The third kappa shape index (κ3) is 1.95. The minimum Gasteiger partial charge on any atom is -0.481 e. The summed E-state index contributed by atoms with van der Waals surface area (Å²) >= 11 is 0. The smallest absolute Gasteiger partial charge is 0.307 e. The number of pyridine rings is 1. The van der Waals surface area contributed by atoms with Gasteiger partial charge in [0, 0.05) is 17.0 Å².